The average molecular weight is 424 g/mol. The minimum absolute atomic E-state index is 0.0619. The van der Waals surface area contributed by atoms with Gasteiger partial charge in [-0.05, 0) is 42.5 Å². The fourth-order valence-corrected chi connectivity index (χ4v) is 2.71. The summed E-state index contributed by atoms with van der Waals surface area (Å²) in [4.78, 5) is 0. The molecule has 3 rings (SSSR count). The van der Waals surface area contributed by atoms with Crippen molar-refractivity contribution in [3.63, 3.8) is 0 Å². The number of nitrogens with zero attached hydrogens (tertiary/aromatic N) is 1. The van der Waals surface area contributed by atoms with Gasteiger partial charge in [-0.15, -0.1) is 8.78 Å². The molecular formula is C15H9F5N2O5S. The lowest BCUT2D eigenvalue weighted by molar-refractivity contribution is -0.286. The van der Waals surface area contributed by atoms with Gasteiger partial charge in [0.15, 0.2) is 11.5 Å². The first-order valence-corrected chi connectivity index (χ1v) is 8.62. The first-order valence-electron chi connectivity index (χ1n) is 7.21. The summed E-state index contributed by atoms with van der Waals surface area (Å²) in [5.74, 6) is 4.26. The van der Waals surface area contributed by atoms with Gasteiger partial charge in [-0.3, -0.25) is 0 Å². The largest absolute Gasteiger partial charge is 0.586 e. The van der Waals surface area contributed by atoms with E-state index >= 15 is 0 Å². The number of fused-ring (bicyclic) bond motifs is 1. The summed E-state index contributed by atoms with van der Waals surface area (Å²) in [5, 5.41) is 3.53. The average Bonchev–Trinajstić information content (AvgIpc) is 2.89. The number of hydrogen-bond donors (Lipinski definition) is 1. The topological polar surface area (TPSA) is 100 Å². The summed E-state index contributed by atoms with van der Waals surface area (Å²) >= 11 is 0. The molecule has 0 spiro atoms. The second-order valence-electron chi connectivity index (χ2n) is 5.31. The van der Waals surface area contributed by atoms with Crippen LogP contribution in [0.15, 0.2) is 47.6 Å². The molecule has 0 aliphatic carbocycles. The number of benzene rings is 2. The Balaban J connectivity index is 1.86. The second-order valence-corrected chi connectivity index (χ2v) is 6.85. The van der Waals surface area contributed by atoms with Crippen LogP contribution in [-0.4, -0.2) is 25.9 Å². The summed E-state index contributed by atoms with van der Waals surface area (Å²) in [5.41, 5.74) is -5.04. The van der Waals surface area contributed by atoms with Gasteiger partial charge in [0, 0.05) is 11.1 Å². The van der Waals surface area contributed by atoms with Gasteiger partial charge in [0.2, 0.25) is 0 Å². The molecular weight excluding hydrogens is 415 g/mol. The Kier molecular flexibility index (Phi) is 4.57. The molecule has 2 aromatic carbocycles. The minimum Gasteiger partial charge on any atom is -0.395 e. The van der Waals surface area contributed by atoms with E-state index in [0.717, 1.165) is 12.1 Å². The third-order valence-electron chi connectivity index (χ3n) is 3.42. The van der Waals surface area contributed by atoms with Gasteiger partial charge >= 0.3 is 21.9 Å². The van der Waals surface area contributed by atoms with Crippen molar-refractivity contribution < 1.29 is 44.0 Å². The zero-order valence-corrected chi connectivity index (χ0v) is 14.2. The maximum Gasteiger partial charge on any atom is 0.586 e. The van der Waals surface area contributed by atoms with Gasteiger partial charge < -0.3 is 19.5 Å². The van der Waals surface area contributed by atoms with Gasteiger partial charge in [0.25, 0.3) is 0 Å². The van der Waals surface area contributed by atoms with Crippen LogP contribution in [-0.2, 0) is 10.1 Å². The second kappa shape index (κ2) is 6.51. The molecule has 150 valence electrons. The molecule has 0 saturated carbocycles. The van der Waals surface area contributed by atoms with E-state index in [-0.39, 0.29) is 28.3 Å². The maximum absolute atomic E-state index is 13.1. The molecule has 0 unspecified atom stereocenters. The van der Waals surface area contributed by atoms with E-state index in [0.29, 0.717) is 0 Å². The molecule has 1 aliphatic rings. The highest BCUT2D eigenvalue weighted by atomic mass is 32.2. The highest BCUT2D eigenvalue weighted by Crippen LogP contribution is 2.41. The molecule has 0 radical (unpaired) electrons. The Morgan fingerprint density at radius 1 is 1.00 bits per heavy atom. The number of hydrogen-bond acceptors (Lipinski definition) is 7. The van der Waals surface area contributed by atoms with E-state index in [2.05, 4.69) is 18.8 Å². The molecule has 0 bridgehead atoms. The highest BCUT2D eigenvalue weighted by molar-refractivity contribution is 7.88. The van der Waals surface area contributed by atoms with Crippen LogP contribution >= 0.6 is 0 Å². The van der Waals surface area contributed by atoms with Crippen molar-refractivity contribution in [3.8, 4) is 17.2 Å². The fraction of sp³-hybridized carbons (Fsp3) is 0.133. The SMILES string of the molecule is NN=C(c1ccc(OS(=O)(=O)C(F)(F)F)cc1)c1ccc2c(c1)OC(F)(F)O2. The van der Waals surface area contributed by atoms with Crippen LogP contribution in [0.3, 0.4) is 0 Å². The summed E-state index contributed by atoms with van der Waals surface area (Å²) in [6.45, 7) is 0. The molecule has 28 heavy (non-hydrogen) atoms. The Bertz CT molecular complexity index is 1040. The van der Waals surface area contributed by atoms with Crippen LogP contribution in [0.4, 0.5) is 22.0 Å². The van der Waals surface area contributed by atoms with Crippen molar-refractivity contribution in [2.24, 2.45) is 10.9 Å². The molecule has 13 heteroatoms. The van der Waals surface area contributed by atoms with Crippen molar-refractivity contribution in [2.75, 3.05) is 0 Å². The Morgan fingerprint density at radius 2 is 1.57 bits per heavy atom. The number of halogens is 5. The molecule has 2 N–H and O–H groups in total. The zero-order chi connectivity index (χ0) is 20.7. The molecule has 0 aromatic heterocycles. The number of nitrogens with two attached hydrogens (primary N) is 1. The summed E-state index contributed by atoms with van der Waals surface area (Å²) in [6, 6.07) is 8.01. The lowest BCUT2D eigenvalue weighted by Gasteiger charge is -2.10. The van der Waals surface area contributed by atoms with Crippen molar-refractivity contribution in [3.05, 3.63) is 53.6 Å². The van der Waals surface area contributed by atoms with Crippen LogP contribution in [0.25, 0.3) is 0 Å². The van der Waals surface area contributed by atoms with Gasteiger partial charge in [-0.2, -0.15) is 26.7 Å². The van der Waals surface area contributed by atoms with Gasteiger partial charge in [0.05, 0.1) is 5.71 Å². The summed E-state index contributed by atoms with van der Waals surface area (Å²) in [6.07, 6.45) is -3.82. The lowest BCUT2D eigenvalue weighted by Crippen LogP contribution is -2.28. The molecule has 0 amide bonds. The van der Waals surface area contributed by atoms with Gasteiger partial charge in [-0.25, -0.2) is 0 Å². The van der Waals surface area contributed by atoms with Crippen LogP contribution in [0.2, 0.25) is 0 Å². The molecule has 1 aliphatic heterocycles. The van der Waals surface area contributed by atoms with Crippen molar-refractivity contribution in [2.45, 2.75) is 11.8 Å². The Morgan fingerprint density at radius 3 is 2.14 bits per heavy atom. The Hall–Kier alpha value is -3.09. The monoisotopic (exact) mass is 424 g/mol. The standard InChI is InChI=1S/C15H9F5N2O5S/c16-14(17,18)28(23,24)27-10-4-1-8(2-5-10)13(22-21)9-3-6-11-12(7-9)26-15(19,20)25-11/h1-7H,21H2. The third-order valence-corrected chi connectivity index (χ3v) is 4.40. The van der Waals surface area contributed by atoms with E-state index in [1.807, 2.05) is 0 Å². The lowest BCUT2D eigenvalue weighted by atomic mass is 10.0. The quantitative estimate of drug-likeness (QED) is 0.202. The van der Waals surface area contributed by atoms with Crippen LogP contribution < -0.4 is 19.5 Å². The van der Waals surface area contributed by atoms with Crippen molar-refractivity contribution in [1.29, 1.82) is 0 Å². The van der Waals surface area contributed by atoms with Gasteiger partial charge in [0.1, 0.15) is 5.75 Å². The van der Waals surface area contributed by atoms with E-state index in [4.69, 9.17) is 5.84 Å². The predicted octanol–water partition coefficient (Wildman–Crippen LogP) is 2.95. The normalized spacial score (nSPS) is 16.1. The zero-order valence-electron chi connectivity index (χ0n) is 13.4. The molecule has 0 fully saturated rings. The first-order chi connectivity index (χ1) is 12.9. The molecule has 1 heterocycles. The molecule has 0 saturated heterocycles. The number of hydrazone groups is 1. The predicted molar refractivity (Wildman–Crippen MR) is 84.5 cm³/mol. The first kappa shape index (κ1) is 19.7. The Labute approximate surface area is 154 Å². The van der Waals surface area contributed by atoms with E-state index < -0.39 is 27.7 Å². The van der Waals surface area contributed by atoms with Crippen molar-refractivity contribution >= 4 is 15.8 Å². The van der Waals surface area contributed by atoms with E-state index in [1.54, 1.807) is 0 Å². The molecule has 2 aromatic rings. The third kappa shape index (κ3) is 3.78. The highest BCUT2D eigenvalue weighted by Gasteiger charge is 2.48. The molecule has 7 nitrogen and oxygen atoms in total. The smallest absolute Gasteiger partial charge is 0.395 e. The van der Waals surface area contributed by atoms with E-state index in [9.17, 15) is 30.4 Å². The van der Waals surface area contributed by atoms with E-state index in [1.165, 1.54) is 30.3 Å². The summed E-state index contributed by atoms with van der Waals surface area (Å²) < 4.78 is 97.8. The fourth-order valence-electron chi connectivity index (χ4n) is 2.25. The van der Waals surface area contributed by atoms with Gasteiger partial charge in [-0.1, -0.05) is 0 Å². The van der Waals surface area contributed by atoms with Crippen molar-refractivity contribution in [1.82, 2.24) is 0 Å². The number of ether oxygens (including phenoxy) is 2. The maximum atomic E-state index is 13.1. The minimum atomic E-state index is -5.82. The van der Waals surface area contributed by atoms with Crippen LogP contribution in [0.5, 0.6) is 17.2 Å². The number of alkyl halides is 5. The van der Waals surface area contributed by atoms with Crippen LogP contribution in [0.1, 0.15) is 11.1 Å². The summed E-state index contributed by atoms with van der Waals surface area (Å²) in [7, 11) is -5.82. The molecule has 0 atom stereocenters. The number of rotatable bonds is 4. The van der Waals surface area contributed by atoms with Crippen LogP contribution in [0, 0.1) is 0 Å².